The molecule has 0 N–H and O–H groups in total. The first-order chi connectivity index (χ1) is 27.8. The molecule has 0 spiro atoms. The summed E-state index contributed by atoms with van der Waals surface area (Å²) in [6.07, 6.45) is 0. The molecule has 11 aromatic rings. The lowest BCUT2D eigenvalue weighted by atomic mass is 9.80. The Hall–Kier alpha value is -7.00. The third-order valence-corrected chi connectivity index (χ3v) is 12.9. The number of fused-ring (bicyclic) bond motifs is 14. The number of thiophene rings is 1. The fraction of sp³-hybridized carbons (Fsp3) is 0. The topological polar surface area (TPSA) is 13.1 Å². The molecule has 2 heterocycles. The molecular weight excluding hydrogens is 697 g/mol. The van der Waals surface area contributed by atoms with Gasteiger partial charge in [-0.2, -0.15) is 0 Å². The zero-order valence-electron chi connectivity index (χ0n) is 30.3. The van der Waals surface area contributed by atoms with Gasteiger partial charge in [-0.25, -0.2) is 0 Å². The van der Waals surface area contributed by atoms with E-state index >= 15 is 0 Å². The van der Waals surface area contributed by atoms with E-state index in [1.54, 1.807) is 0 Å². The van der Waals surface area contributed by atoms with Crippen molar-refractivity contribution in [3.05, 3.63) is 194 Å². The van der Waals surface area contributed by atoms with Crippen LogP contribution in [0.4, 0.5) is 0 Å². The molecule has 0 bridgehead atoms. The minimum Gasteiger partial charge on any atom is -0.455 e. The van der Waals surface area contributed by atoms with Gasteiger partial charge in [0.25, 0.3) is 0 Å². The highest BCUT2D eigenvalue weighted by Gasteiger charge is 2.23. The normalized spacial score (nSPS) is 11.9. The van der Waals surface area contributed by atoms with E-state index in [2.05, 4.69) is 188 Å². The number of furan rings is 1. The summed E-state index contributed by atoms with van der Waals surface area (Å²) in [5, 5.41) is 4.87. The molecule has 260 valence electrons. The predicted molar refractivity (Wildman–Crippen MR) is 238 cm³/mol. The van der Waals surface area contributed by atoms with Crippen LogP contribution in [0.5, 0.6) is 0 Å². The van der Waals surface area contributed by atoms with Crippen LogP contribution in [-0.2, 0) is 0 Å². The molecule has 0 aliphatic heterocycles. The van der Waals surface area contributed by atoms with Crippen molar-refractivity contribution < 1.29 is 4.42 Å². The van der Waals surface area contributed by atoms with Gasteiger partial charge in [-0.15, -0.1) is 11.3 Å². The van der Waals surface area contributed by atoms with E-state index in [0.717, 1.165) is 33.1 Å². The van der Waals surface area contributed by atoms with Crippen molar-refractivity contribution in [2.75, 3.05) is 0 Å². The average Bonchev–Trinajstić information content (AvgIpc) is 3.84. The lowest BCUT2D eigenvalue weighted by Crippen LogP contribution is -1.97. The van der Waals surface area contributed by atoms with Crippen molar-refractivity contribution in [3.8, 4) is 77.9 Å². The van der Waals surface area contributed by atoms with Crippen LogP contribution >= 0.6 is 11.3 Å². The van der Waals surface area contributed by atoms with E-state index < -0.39 is 0 Å². The van der Waals surface area contributed by atoms with Crippen LogP contribution in [0.15, 0.2) is 199 Å². The monoisotopic (exact) mass is 728 g/mol. The summed E-state index contributed by atoms with van der Waals surface area (Å²) in [7, 11) is 0. The lowest BCUT2D eigenvalue weighted by molar-refractivity contribution is 0.670. The molecule has 0 amide bonds. The highest BCUT2D eigenvalue weighted by Crippen LogP contribution is 2.49. The summed E-state index contributed by atoms with van der Waals surface area (Å²) >= 11 is 1.88. The number of hydrogen-bond acceptors (Lipinski definition) is 2. The van der Waals surface area contributed by atoms with Crippen molar-refractivity contribution >= 4 is 53.4 Å². The van der Waals surface area contributed by atoms with Crippen LogP contribution in [0.3, 0.4) is 0 Å². The van der Waals surface area contributed by atoms with Crippen LogP contribution in [0.2, 0.25) is 0 Å². The van der Waals surface area contributed by atoms with Crippen LogP contribution in [0, 0.1) is 0 Å². The second-order valence-electron chi connectivity index (χ2n) is 14.8. The summed E-state index contributed by atoms with van der Waals surface area (Å²) in [6, 6.07) is 71.2. The Bertz CT molecular complexity index is 3240. The van der Waals surface area contributed by atoms with Gasteiger partial charge >= 0.3 is 0 Å². The Balaban J connectivity index is 1.13. The first-order valence-electron chi connectivity index (χ1n) is 19.2. The van der Waals surface area contributed by atoms with Gasteiger partial charge in [0.15, 0.2) is 0 Å². The average molecular weight is 729 g/mol. The molecule has 0 saturated heterocycles. The van der Waals surface area contributed by atoms with Gasteiger partial charge in [-0.05, 0) is 109 Å². The molecule has 0 saturated carbocycles. The molecule has 0 unspecified atom stereocenters. The van der Waals surface area contributed by atoms with Crippen molar-refractivity contribution in [1.82, 2.24) is 0 Å². The van der Waals surface area contributed by atoms with Crippen molar-refractivity contribution in [2.24, 2.45) is 0 Å². The van der Waals surface area contributed by atoms with Crippen molar-refractivity contribution in [1.29, 1.82) is 0 Å². The maximum atomic E-state index is 6.64. The zero-order valence-corrected chi connectivity index (χ0v) is 31.1. The first kappa shape index (κ1) is 31.4. The molecule has 56 heavy (non-hydrogen) atoms. The maximum Gasteiger partial charge on any atom is 0.143 e. The molecule has 1 aliphatic carbocycles. The second kappa shape index (κ2) is 12.3. The third kappa shape index (κ3) is 4.73. The Kier molecular flexibility index (Phi) is 6.87. The van der Waals surface area contributed by atoms with Gasteiger partial charge in [-0.1, -0.05) is 158 Å². The minimum atomic E-state index is 0.906. The predicted octanol–water partition coefficient (Wildman–Crippen LogP) is 15.9. The smallest absolute Gasteiger partial charge is 0.143 e. The fourth-order valence-electron chi connectivity index (χ4n) is 9.09. The highest BCUT2D eigenvalue weighted by atomic mass is 32.1. The standard InChI is InChI=1S/C54H32OS/c1-2-14-40-39(13-1)41-15-3-4-17-43(41)45-28-27-33(32-50(45)44-18-6-5-16-42(40)44)34-29-35(37-21-11-23-48-46-19-7-9-25-51(46)55-53(37)48)31-36(30-34)38-22-12-24-49-47-20-8-10-26-52(47)56-54(38)49/h1-32H. The molecule has 0 radical (unpaired) electrons. The van der Waals surface area contributed by atoms with Gasteiger partial charge in [0.1, 0.15) is 11.2 Å². The van der Waals surface area contributed by atoms with E-state index in [0.29, 0.717) is 0 Å². The maximum absolute atomic E-state index is 6.64. The summed E-state index contributed by atoms with van der Waals surface area (Å²) in [5.41, 5.74) is 18.8. The van der Waals surface area contributed by atoms with Gasteiger partial charge in [-0.3, -0.25) is 0 Å². The SMILES string of the molecule is c1ccc2c(c1)-c1ccccc1-c1ccc(-c3cc(-c4cccc5c4oc4ccccc45)cc(-c4cccc5c4sc4ccccc45)c3)cc1-c1ccccc1-2. The van der Waals surface area contributed by atoms with Crippen LogP contribution in [0.1, 0.15) is 0 Å². The van der Waals surface area contributed by atoms with Crippen molar-refractivity contribution in [3.63, 3.8) is 0 Å². The Morgan fingerprint density at radius 3 is 1.46 bits per heavy atom. The minimum absolute atomic E-state index is 0.906. The van der Waals surface area contributed by atoms with E-state index in [1.807, 2.05) is 17.4 Å². The summed E-state index contributed by atoms with van der Waals surface area (Å²) in [6.45, 7) is 0. The molecule has 2 heteroatoms. The Morgan fingerprint density at radius 1 is 0.286 bits per heavy atom. The highest BCUT2D eigenvalue weighted by molar-refractivity contribution is 7.26. The number of rotatable bonds is 3. The van der Waals surface area contributed by atoms with Crippen LogP contribution in [0.25, 0.3) is 120 Å². The van der Waals surface area contributed by atoms with Crippen LogP contribution in [-0.4, -0.2) is 0 Å². The largest absolute Gasteiger partial charge is 0.455 e. The first-order valence-corrected chi connectivity index (χ1v) is 20.0. The number of benzene rings is 9. The zero-order chi connectivity index (χ0) is 36.7. The van der Waals surface area contributed by atoms with E-state index in [4.69, 9.17) is 4.42 Å². The quantitative estimate of drug-likeness (QED) is 0.177. The van der Waals surface area contributed by atoms with Gasteiger partial charge < -0.3 is 4.42 Å². The molecular formula is C54H32OS. The lowest BCUT2D eigenvalue weighted by Gasteiger charge is -2.23. The Morgan fingerprint density at radius 2 is 0.768 bits per heavy atom. The number of para-hydroxylation sites is 2. The second-order valence-corrected chi connectivity index (χ2v) is 15.8. The van der Waals surface area contributed by atoms with E-state index in [-0.39, 0.29) is 0 Å². The van der Waals surface area contributed by atoms with E-state index in [1.165, 1.54) is 86.9 Å². The molecule has 0 atom stereocenters. The Labute approximate surface area is 328 Å². The van der Waals surface area contributed by atoms with E-state index in [9.17, 15) is 0 Å². The molecule has 0 fully saturated rings. The fourth-order valence-corrected chi connectivity index (χ4v) is 10.3. The number of hydrogen-bond donors (Lipinski definition) is 0. The molecule has 1 nitrogen and oxygen atoms in total. The molecule has 1 aliphatic rings. The van der Waals surface area contributed by atoms with Gasteiger partial charge in [0, 0.05) is 36.5 Å². The molecule has 2 aromatic heterocycles. The summed E-state index contributed by atoms with van der Waals surface area (Å²) < 4.78 is 9.26. The third-order valence-electron chi connectivity index (χ3n) is 11.7. The van der Waals surface area contributed by atoms with Gasteiger partial charge in [0.05, 0.1) is 0 Å². The van der Waals surface area contributed by atoms with Gasteiger partial charge in [0.2, 0.25) is 0 Å². The molecule has 12 rings (SSSR count). The van der Waals surface area contributed by atoms with Crippen LogP contribution < -0.4 is 0 Å². The van der Waals surface area contributed by atoms with Crippen molar-refractivity contribution in [2.45, 2.75) is 0 Å². The molecule has 9 aromatic carbocycles. The summed E-state index contributed by atoms with van der Waals surface area (Å²) in [4.78, 5) is 0. The summed E-state index contributed by atoms with van der Waals surface area (Å²) in [5.74, 6) is 0.